The lowest BCUT2D eigenvalue weighted by atomic mass is 10.1. The molecule has 0 spiro atoms. The first-order valence-electron chi connectivity index (χ1n) is 7.75. The molecule has 1 aliphatic rings. The second-order valence-electron chi connectivity index (χ2n) is 5.45. The maximum absolute atomic E-state index is 12.6. The van der Waals surface area contributed by atoms with Gasteiger partial charge in [0.05, 0.1) is 31.7 Å². The van der Waals surface area contributed by atoms with Gasteiger partial charge in [-0.2, -0.15) is 0 Å². The molecule has 5 nitrogen and oxygen atoms in total. The largest absolute Gasteiger partial charge is 0.497 e. The van der Waals surface area contributed by atoms with Crippen LogP contribution in [0.2, 0.25) is 5.02 Å². The second-order valence-corrected chi connectivity index (χ2v) is 5.88. The smallest absolute Gasteiger partial charge is 0.255 e. The average Bonchev–Trinajstić information content (AvgIpc) is 2.62. The Labute approximate surface area is 146 Å². The number of hydrogen-bond acceptors (Lipinski definition) is 4. The van der Waals surface area contributed by atoms with Gasteiger partial charge >= 0.3 is 0 Å². The van der Waals surface area contributed by atoms with Gasteiger partial charge in [0.25, 0.3) is 5.91 Å². The zero-order chi connectivity index (χ0) is 16.9. The van der Waals surface area contributed by atoms with Crippen LogP contribution >= 0.6 is 11.6 Å². The second kappa shape index (κ2) is 7.55. The molecule has 0 bridgehead atoms. The maximum atomic E-state index is 12.6. The summed E-state index contributed by atoms with van der Waals surface area (Å²) in [7, 11) is 1.57. The highest BCUT2D eigenvalue weighted by molar-refractivity contribution is 6.31. The SMILES string of the molecule is COc1cccc(C(=O)Nc2cc(Cl)ccc2N2CCOCC2)c1. The number of halogens is 1. The number of anilines is 2. The van der Waals surface area contributed by atoms with Crippen molar-refractivity contribution in [3.8, 4) is 5.75 Å². The molecule has 2 aromatic rings. The van der Waals surface area contributed by atoms with Gasteiger partial charge in [0, 0.05) is 23.7 Å². The van der Waals surface area contributed by atoms with E-state index in [1.165, 1.54) is 0 Å². The van der Waals surface area contributed by atoms with Crippen LogP contribution in [0.3, 0.4) is 0 Å². The number of ether oxygens (including phenoxy) is 2. The lowest BCUT2D eigenvalue weighted by Crippen LogP contribution is -2.36. The highest BCUT2D eigenvalue weighted by atomic mass is 35.5. The van der Waals surface area contributed by atoms with E-state index in [4.69, 9.17) is 21.1 Å². The molecule has 6 heteroatoms. The number of nitrogens with zero attached hydrogens (tertiary/aromatic N) is 1. The predicted molar refractivity (Wildman–Crippen MR) is 95.4 cm³/mol. The van der Waals surface area contributed by atoms with Gasteiger partial charge in [0.2, 0.25) is 0 Å². The molecule has 0 atom stereocenters. The third-order valence-electron chi connectivity index (χ3n) is 3.89. The Morgan fingerprint density at radius 1 is 1.21 bits per heavy atom. The summed E-state index contributed by atoms with van der Waals surface area (Å²) in [4.78, 5) is 14.8. The van der Waals surface area contributed by atoms with Crippen LogP contribution in [0.25, 0.3) is 0 Å². The van der Waals surface area contributed by atoms with Crippen molar-refractivity contribution in [2.75, 3.05) is 43.6 Å². The minimum atomic E-state index is -0.203. The first-order valence-corrected chi connectivity index (χ1v) is 8.13. The van der Waals surface area contributed by atoms with Crippen LogP contribution in [0.15, 0.2) is 42.5 Å². The van der Waals surface area contributed by atoms with Crippen LogP contribution in [0.4, 0.5) is 11.4 Å². The summed E-state index contributed by atoms with van der Waals surface area (Å²) in [6.45, 7) is 2.91. The minimum absolute atomic E-state index is 0.203. The van der Waals surface area contributed by atoms with Gasteiger partial charge in [-0.15, -0.1) is 0 Å². The average molecular weight is 347 g/mol. The molecule has 0 unspecified atom stereocenters. The number of amides is 1. The van der Waals surface area contributed by atoms with Gasteiger partial charge in [-0.05, 0) is 36.4 Å². The van der Waals surface area contributed by atoms with E-state index >= 15 is 0 Å². The standard InChI is InChI=1S/C18H19ClN2O3/c1-23-15-4-2-3-13(11-15)18(22)20-16-12-14(19)5-6-17(16)21-7-9-24-10-8-21/h2-6,11-12H,7-10H2,1H3,(H,20,22). The Bertz CT molecular complexity index is 730. The molecule has 0 saturated carbocycles. The number of morpholine rings is 1. The van der Waals surface area contributed by atoms with Crippen molar-refractivity contribution in [3.63, 3.8) is 0 Å². The Morgan fingerprint density at radius 3 is 2.75 bits per heavy atom. The van der Waals surface area contributed by atoms with Crippen molar-refractivity contribution in [2.45, 2.75) is 0 Å². The summed E-state index contributed by atoms with van der Waals surface area (Å²) in [5.74, 6) is 0.438. The van der Waals surface area contributed by atoms with E-state index in [1.807, 2.05) is 12.1 Å². The van der Waals surface area contributed by atoms with E-state index in [0.717, 1.165) is 18.8 Å². The number of rotatable bonds is 4. The van der Waals surface area contributed by atoms with E-state index in [-0.39, 0.29) is 5.91 Å². The third kappa shape index (κ3) is 3.80. The van der Waals surface area contributed by atoms with Crippen LogP contribution in [0.1, 0.15) is 10.4 Å². The number of benzene rings is 2. The van der Waals surface area contributed by atoms with Crippen molar-refractivity contribution in [1.29, 1.82) is 0 Å². The summed E-state index contributed by atoms with van der Waals surface area (Å²) in [6, 6.07) is 12.6. The number of carbonyl (C=O) groups excluding carboxylic acids is 1. The highest BCUT2D eigenvalue weighted by Gasteiger charge is 2.17. The molecule has 1 fully saturated rings. The Kier molecular flexibility index (Phi) is 5.23. The third-order valence-corrected chi connectivity index (χ3v) is 4.13. The number of carbonyl (C=O) groups is 1. The summed E-state index contributed by atoms with van der Waals surface area (Å²) < 4.78 is 10.6. The number of hydrogen-bond donors (Lipinski definition) is 1. The predicted octanol–water partition coefficient (Wildman–Crippen LogP) is 3.44. The van der Waals surface area contributed by atoms with Crippen LogP contribution in [0, 0.1) is 0 Å². The topological polar surface area (TPSA) is 50.8 Å². The van der Waals surface area contributed by atoms with E-state index in [9.17, 15) is 4.79 Å². The Balaban J connectivity index is 1.85. The molecule has 0 radical (unpaired) electrons. The maximum Gasteiger partial charge on any atom is 0.255 e. The molecular formula is C18H19ClN2O3. The fraction of sp³-hybridized carbons (Fsp3) is 0.278. The molecule has 0 aromatic heterocycles. The van der Waals surface area contributed by atoms with Crippen LogP contribution < -0.4 is 15.0 Å². The van der Waals surface area contributed by atoms with Crippen molar-refractivity contribution < 1.29 is 14.3 Å². The molecule has 1 heterocycles. The summed E-state index contributed by atoms with van der Waals surface area (Å²) in [6.07, 6.45) is 0. The molecule has 1 saturated heterocycles. The van der Waals surface area contributed by atoms with E-state index in [0.29, 0.717) is 35.2 Å². The molecule has 1 N–H and O–H groups in total. The van der Waals surface area contributed by atoms with Crippen LogP contribution in [0.5, 0.6) is 5.75 Å². The monoisotopic (exact) mass is 346 g/mol. The lowest BCUT2D eigenvalue weighted by Gasteiger charge is -2.30. The molecular weight excluding hydrogens is 328 g/mol. The summed E-state index contributed by atoms with van der Waals surface area (Å²) in [5.41, 5.74) is 2.17. The first-order chi connectivity index (χ1) is 11.7. The zero-order valence-corrected chi connectivity index (χ0v) is 14.2. The minimum Gasteiger partial charge on any atom is -0.497 e. The van der Waals surface area contributed by atoms with Crippen LogP contribution in [-0.4, -0.2) is 39.3 Å². The quantitative estimate of drug-likeness (QED) is 0.921. The fourth-order valence-electron chi connectivity index (χ4n) is 2.65. The molecule has 24 heavy (non-hydrogen) atoms. The van der Waals surface area contributed by atoms with Gasteiger partial charge in [-0.25, -0.2) is 0 Å². The van der Waals surface area contributed by atoms with Gasteiger partial charge in [-0.3, -0.25) is 4.79 Å². The first kappa shape index (κ1) is 16.6. The molecule has 0 aliphatic carbocycles. The van der Waals surface area contributed by atoms with E-state index in [2.05, 4.69) is 10.2 Å². The van der Waals surface area contributed by atoms with Crippen LogP contribution in [-0.2, 0) is 4.74 Å². The van der Waals surface area contributed by atoms with Gasteiger partial charge in [-0.1, -0.05) is 17.7 Å². The lowest BCUT2D eigenvalue weighted by molar-refractivity contribution is 0.102. The molecule has 2 aromatic carbocycles. The van der Waals surface area contributed by atoms with E-state index in [1.54, 1.807) is 37.4 Å². The van der Waals surface area contributed by atoms with Crippen molar-refractivity contribution in [2.24, 2.45) is 0 Å². The molecule has 3 rings (SSSR count). The van der Waals surface area contributed by atoms with Crippen molar-refractivity contribution in [3.05, 3.63) is 53.1 Å². The molecule has 1 amide bonds. The van der Waals surface area contributed by atoms with Crippen molar-refractivity contribution in [1.82, 2.24) is 0 Å². The van der Waals surface area contributed by atoms with Gasteiger partial charge in [0.1, 0.15) is 5.75 Å². The number of methoxy groups -OCH3 is 1. The van der Waals surface area contributed by atoms with Gasteiger partial charge < -0.3 is 19.7 Å². The fourth-order valence-corrected chi connectivity index (χ4v) is 2.82. The molecule has 1 aliphatic heterocycles. The Morgan fingerprint density at radius 2 is 2.00 bits per heavy atom. The summed E-state index contributed by atoms with van der Waals surface area (Å²) >= 11 is 6.12. The number of nitrogens with one attached hydrogen (secondary N) is 1. The Hall–Kier alpha value is -2.24. The normalized spacial score (nSPS) is 14.3. The van der Waals surface area contributed by atoms with E-state index < -0.39 is 0 Å². The molecule has 126 valence electrons. The summed E-state index contributed by atoms with van der Waals surface area (Å²) in [5, 5.41) is 3.53. The van der Waals surface area contributed by atoms with Crippen molar-refractivity contribution >= 4 is 28.9 Å². The highest BCUT2D eigenvalue weighted by Crippen LogP contribution is 2.30. The van der Waals surface area contributed by atoms with Gasteiger partial charge in [0.15, 0.2) is 0 Å². The zero-order valence-electron chi connectivity index (χ0n) is 13.4.